The number of aromatic nitrogens is 4. The van der Waals surface area contributed by atoms with E-state index in [0.29, 0.717) is 17.9 Å². The van der Waals surface area contributed by atoms with Crippen LogP contribution in [0.4, 0.5) is 4.39 Å². The number of pyridine rings is 2. The second-order valence-corrected chi connectivity index (χ2v) is 7.98. The molecule has 1 atom stereocenters. The van der Waals surface area contributed by atoms with Gasteiger partial charge >= 0.3 is 0 Å². The Morgan fingerprint density at radius 3 is 2.79 bits per heavy atom. The van der Waals surface area contributed by atoms with E-state index in [2.05, 4.69) is 20.9 Å². The summed E-state index contributed by atoms with van der Waals surface area (Å²) in [6.45, 7) is 0.711. The van der Waals surface area contributed by atoms with E-state index in [-0.39, 0.29) is 12.0 Å². The van der Waals surface area contributed by atoms with Gasteiger partial charge in [0.2, 0.25) is 0 Å². The van der Waals surface area contributed by atoms with Crippen molar-refractivity contribution in [3.05, 3.63) is 65.1 Å². The van der Waals surface area contributed by atoms with E-state index in [1.54, 1.807) is 23.0 Å². The first-order chi connectivity index (χ1) is 14.2. The third kappa shape index (κ3) is 3.56. The first-order valence-electron chi connectivity index (χ1n) is 9.57. The van der Waals surface area contributed by atoms with E-state index >= 15 is 0 Å². The van der Waals surface area contributed by atoms with Crippen LogP contribution in [0.3, 0.4) is 0 Å². The van der Waals surface area contributed by atoms with Crippen LogP contribution in [0.5, 0.6) is 0 Å². The highest BCUT2D eigenvalue weighted by molar-refractivity contribution is 9.10. The first kappa shape index (κ1) is 18.4. The topological polar surface area (TPSA) is 52.8 Å². The van der Waals surface area contributed by atoms with E-state index in [0.717, 1.165) is 46.0 Å². The van der Waals surface area contributed by atoms with Crippen molar-refractivity contribution in [3.63, 3.8) is 0 Å². The number of hydrogen-bond donors (Lipinski definition) is 0. The van der Waals surface area contributed by atoms with Gasteiger partial charge in [-0.1, -0.05) is 12.1 Å². The summed E-state index contributed by atoms with van der Waals surface area (Å²) in [5.74, 6) is -0.311. The molecular weight excluding hydrogens is 435 g/mol. The number of rotatable bonds is 3. The van der Waals surface area contributed by atoms with Gasteiger partial charge in [0.1, 0.15) is 17.7 Å². The zero-order chi connectivity index (χ0) is 19.8. The number of nitrogens with zero attached hydrogens (tertiary/aromatic N) is 4. The molecule has 1 aromatic carbocycles. The predicted octanol–water partition coefficient (Wildman–Crippen LogP) is 5.76. The smallest absolute Gasteiger partial charge is 0.150 e. The average molecular weight is 453 g/mol. The van der Waals surface area contributed by atoms with Gasteiger partial charge in [0.15, 0.2) is 0 Å². The summed E-state index contributed by atoms with van der Waals surface area (Å²) in [5.41, 5.74) is 4.06. The molecule has 1 aliphatic rings. The molecule has 0 spiro atoms. The Kier molecular flexibility index (Phi) is 4.85. The largest absolute Gasteiger partial charge is 0.357 e. The van der Waals surface area contributed by atoms with E-state index in [1.807, 2.05) is 30.5 Å². The van der Waals surface area contributed by atoms with Crippen molar-refractivity contribution >= 4 is 27.0 Å². The van der Waals surface area contributed by atoms with Crippen molar-refractivity contribution in [2.75, 3.05) is 6.61 Å². The maximum atomic E-state index is 14.6. The van der Waals surface area contributed by atoms with E-state index < -0.39 is 0 Å². The van der Waals surface area contributed by atoms with Crippen LogP contribution in [-0.2, 0) is 4.74 Å². The summed E-state index contributed by atoms with van der Waals surface area (Å²) in [6.07, 6.45) is 6.55. The molecule has 4 aromatic rings. The Balaban J connectivity index is 1.68. The van der Waals surface area contributed by atoms with Gasteiger partial charge in [-0.15, -0.1) is 0 Å². The Morgan fingerprint density at radius 2 is 1.97 bits per heavy atom. The Morgan fingerprint density at radius 1 is 1.07 bits per heavy atom. The Bertz CT molecular complexity index is 1190. The number of fused-ring (bicyclic) bond motifs is 1. The third-order valence-electron chi connectivity index (χ3n) is 5.09. The van der Waals surface area contributed by atoms with Crippen LogP contribution < -0.4 is 0 Å². The number of benzene rings is 1. The van der Waals surface area contributed by atoms with Crippen molar-refractivity contribution in [1.29, 1.82) is 0 Å². The van der Waals surface area contributed by atoms with Crippen molar-refractivity contribution < 1.29 is 9.13 Å². The van der Waals surface area contributed by atoms with Crippen LogP contribution in [-0.4, -0.2) is 26.4 Å². The highest BCUT2D eigenvalue weighted by Crippen LogP contribution is 2.34. The molecule has 5 nitrogen and oxygen atoms in total. The lowest BCUT2D eigenvalue weighted by Gasteiger charge is -2.22. The van der Waals surface area contributed by atoms with Crippen LogP contribution in [0, 0.1) is 5.82 Å². The second-order valence-electron chi connectivity index (χ2n) is 7.06. The molecule has 0 bridgehead atoms. The fraction of sp³-hybridized carbons (Fsp3) is 0.227. The van der Waals surface area contributed by atoms with Gasteiger partial charge in [0, 0.05) is 34.6 Å². The SMILES string of the molecule is Fc1ccccc1-c1nn(C2CCCCO2)cc1-c1ccc2ncc(Br)cc2n1. The molecule has 7 heteroatoms. The minimum atomic E-state index is -0.311. The molecule has 4 heterocycles. The summed E-state index contributed by atoms with van der Waals surface area (Å²) in [6, 6.07) is 12.4. The Hall–Kier alpha value is -2.64. The summed E-state index contributed by atoms with van der Waals surface area (Å²) >= 11 is 3.45. The quantitative estimate of drug-likeness (QED) is 0.396. The molecule has 5 rings (SSSR count). The van der Waals surface area contributed by atoms with Gasteiger partial charge in [0.05, 0.1) is 16.7 Å². The van der Waals surface area contributed by atoms with Gasteiger partial charge < -0.3 is 4.74 Å². The van der Waals surface area contributed by atoms with Gasteiger partial charge in [-0.3, -0.25) is 4.98 Å². The van der Waals surface area contributed by atoms with E-state index in [4.69, 9.17) is 14.8 Å². The van der Waals surface area contributed by atoms with Crippen molar-refractivity contribution in [3.8, 4) is 22.5 Å². The molecule has 0 amide bonds. The standard InChI is InChI=1S/C22H18BrFN4O/c23-14-11-20-19(25-12-14)9-8-18(26-20)16-13-28(21-7-3-4-10-29-21)27-22(16)15-5-1-2-6-17(15)24/h1-2,5-6,8-9,11-13,21H,3-4,7,10H2. The monoisotopic (exact) mass is 452 g/mol. The summed E-state index contributed by atoms with van der Waals surface area (Å²) in [4.78, 5) is 9.15. The third-order valence-corrected chi connectivity index (χ3v) is 5.53. The highest BCUT2D eigenvalue weighted by atomic mass is 79.9. The van der Waals surface area contributed by atoms with Crippen molar-refractivity contribution in [1.82, 2.24) is 19.7 Å². The predicted molar refractivity (Wildman–Crippen MR) is 113 cm³/mol. The molecule has 0 aliphatic carbocycles. The molecule has 1 unspecified atom stereocenters. The lowest BCUT2D eigenvalue weighted by atomic mass is 10.0. The van der Waals surface area contributed by atoms with Crippen LogP contribution in [0.15, 0.2) is 59.3 Å². The van der Waals surface area contributed by atoms with Gasteiger partial charge in [-0.25, -0.2) is 14.1 Å². The maximum absolute atomic E-state index is 14.6. The molecule has 1 aliphatic heterocycles. The lowest BCUT2D eigenvalue weighted by Crippen LogP contribution is -2.18. The molecular formula is C22H18BrFN4O. The molecule has 146 valence electrons. The number of ether oxygens (including phenoxy) is 1. The summed E-state index contributed by atoms with van der Waals surface area (Å²) in [5, 5.41) is 4.73. The molecule has 1 saturated heterocycles. The average Bonchev–Trinajstić information content (AvgIpc) is 3.19. The minimum Gasteiger partial charge on any atom is -0.357 e. The van der Waals surface area contributed by atoms with Gasteiger partial charge in [-0.2, -0.15) is 5.10 Å². The lowest BCUT2D eigenvalue weighted by molar-refractivity contribution is -0.0393. The fourth-order valence-electron chi connectivity index (χ4n) is 3.64. The molecule has 0 radical (unpaired) electrons. The van der Waals surface area contributed by atoms with Crippen LogP contribution >= 0.6 is 15.9 Å². The van der Waals surface area contributed by atoms with Crippen LogP contribution in [0.25, 0.3) is 33.5 Å². The number of halogens is 2. The van der Waals surface area contributed by atoms with Crippen molar-refractivity contribution in [2.45, 2.75) is 25.5 Å². The minimum absolute atomic E-state index is 0.140. The normalized spacial score (nSPS) is 17.0. The molecule has 3 aromatic heterocycles. The molecule has 29 heavy (non-hydrogen) atoms. The van der Waals surface area contributed by atoms with Gasteiger partial charge in [-0.05, 0) is 65.5 Å². The van der Waals surface area contributed by atoms with Crippen LogP contribution in [0.1, 0.15) is 25.5 Å². The first-order valence-corrected chi connectivity index (χ1v) is 10.4. The van der Waals surface area contributed by atoms with E-state index in [1.165, 1.54) is 6.07 Å². The molecule has 0 saturated carbocycles. The maximum Gasteiger partial charge on any atom is 0.150 e. The zero-order valence-corrected chi connectivity index (χ0v) is 17.1. The number of hydrogen-bond acceptors (Lipinski definition) is 4. The fourth-order valence-corrected chi connectivity index (χ4v) is 3.96. The summed E-state index contributed by atoms with van der Waals surface area (Å²) in [7, 11) is 0. The zero-order valence-electron chi connectivity index (χ0n) is 15.6. The highest BCUT2D eigenvalue weighted by Gasteiger charge is 2.22. The Labute approximate surface area is 175 Å². The molecule has 1 fully saturated rings. The summed E-state index contributed by atoms with van der Waals surface area (Å²) < 4.78 is 23.2. The van der Waals surface area contributed by atoms with Gasteiger partial charge in [0.25, 0.3) is 0 Å². The van der Waals surface area contributed by atoms with Crippen LogP contribution in [0.2, 0.25) is 0 Å². The second kappa shape index (κ2) is 7.65. The van der Waals surface area contributed by atoms with Crippen molar-refractivity contribution in [2.24, 2.45) is 0 Å². The van der Waals surface area contributed by atoms with E-state index in [9.17, 15) is 4.39 Å². The molecule has 0 N–H and O–H groups in total.